The third-order valence-electron chi connectivity index (χ3n) is 3.77. The van der Waals surface area contributed by atoms with Crippen LogP contribution >= 0.6 is 23.2 Å². The zero-order valence-electron chi connectivity index (χ0n) is 11.3. The second-order valence-corrected chi connectivity index (χ2v) is 7.61. The molecule has 0 aliphatic carbocycles. The van der Waals surface area contributed by atoms with Crippen molar-refractivity contribution >= 4 is 33.2 Å². The number of nitrogens with zero attached hydrogens (tertiary/aromatic N) is 2. The molecule has 2 heterocycles. The fraction of sp³-hybridized carbons (Fsp3) is 0.286. The minimum absolute atomic E-state index is 0.0137. The lowest BCUT2D eigenvalue weighted by molar-refractivity contribution is 0.282. The Hall–Kier alpha value is -1.01. The van der Waals surface area contributed by atoms with Crippen molar-refractivity contribution in [3.8, 4) is 0 Å². The summed E-state index contributed by atoms with van der Waals surface area (Å²) in [5.74, 6) is 0. The van der Waals surface area contributed by atoms with E-state index in [9.17, 15) is 8.42 Å². The van der Waals surface area contributed by atoms with Crippen LogP contribution in [0.15, 0.2) is 41.4 Å². The van der Waals surface area contributed by atoms with Crippen LogP contribution in [0, 0.1) is 0 Å². The Morgan fingerprint density at radius 3 is 2.43 bits per heavy atom. The molecule has 1 atom stereocenters. The first kappa shape index (κ1) is 14.9. The van der Waals surface area contributed by atoms with Gasteiger partial charge in [0.05, 0.1) is 16.1 Å². The van der Waals surface area contributed by atoms with Crippen LogP contribution in [0.5, 0.6) is 0 Å². The van der Waals surface area contributed by atoms with Crippen molar-refractivity contribution < 1.29 is 8.42 Å². The van der Waals surface area contributed by atoms with E-state index < -0.39 is 10.0 Å². The van der Waals surface area contributed by atoms with Gasteiger partial charge in [0.1, 0.15) is 4.90 Å². The van der Waals surface area contributed by atoms with Crippen molar-refractivity contribution in [3.63, 3.8) is 0 Å². The molecule has 0 saturated heterocycles. The van der Waals surface area contributed by atoms with Crippen molar-refractivity contribution in [2.24, 2.45) is 0 Å². The van der Waals surface area contributed by atoms with E-state index in [0.717, 1.165) is 5.69 Å². The Bertz CT molecular complexity index is 766. The molecule has 3 rings (SSSR count). The number of fused-ring (bicyclic) bond motifs is 1. The highest BCUT2D eigenvalue weighted by Gasteiger charge is 2.36. The van der Waals surface area contributed by atoms with Crippen LogP contribution in [-0.4, -0.2) is 23.8 Å². The van der Waals surface area contributed by atoms with Crippen molar-refractivity contribution in [2.45, 2.75) is 24.4 Å². The molecule has 0 bridgehead atoms. The summed E-state index contributed by atoms with van der Waals surface area (Å²) < 4.78 is 29.4. The van der Waals surface area contributed by atoms with Gasteiger partial charge in [0, 0.05) is 25.0 Å². The number of hydrogen-bond acceptors (Lipinski definition) is 2. The van der Waals surface area contributed by atoms with E-state index in [1.807, 2.05) is 25.3 Å². The maximum atomic E-state index is 12.9. The number of halogens is 2. The van der Waals surface area contributed by atoms with Gasteiger partial charge in [-0.05, 0) is 31.2 Å². The lowest BCUT2D eigenvalue weighted by Gasteiger charge is -2.34. The average Bonchev–Trinajstić information content (AvgIpc) is 2.87. The molecule has 112 valence electrons. The predicted molar refractivity (Wildman–Crippen MR) is 83.2 cm³/mol. The molecule has 4 nitrogen and oxygen atoms in total. The first-order valence-corrected chi connectivity index (χ1v) is 8.73. The Balaban J connectivity index is 2.08. The number of sulfonamides is 1. The van der Waals surface area contributed by atoms with Gasteiger partial charge in [0.25, 0.3) is 0 Å². The van der Waals surface area contributed by atoms with Gasteiger partial charge in [-0.2, -0.15) is 4.31 Å². The molecule has 1 aromatic carbocycles. The fourth-order valence-electron chi connectivity index (χ4n) is 2.73. The van der Waals surface area contributed by atoms with Crippen molar-refractivity contribution in [3.05, 3.63) is 52.3 Å². The molecule has 7 heteroatoms. The highest BCUT2D eigenvalue weighted by molar-refractivity contribution is 7.89. The van der Waals surface area contributed by atoms with Crippen LogP contribution in [0.4, 0.5) is 0 Å². The first-order chi connectivity index (χ1) is 9.93. The molecule has 1 aromatic heterocycles. The monoisotopic (exact) mass is 344 g/mol. The van der Waals surface area contributed by atoms with Crippen LogP contribution in [0.1, 0.15) is 18.7 Å². The SMILES string of the molecule is C[C@H]1c2cccn2CCN1S(=O)(=O)c1c(Cl)cccc1Cl. The third-order valence-corrected chi connectivity index (χ3v) is 6.70. The zero-order chi connectivity index (χ0) is 15.2. The van der Waals surface area contributed by atoms with Crippen molar-refractivity contribution in [1.29, 1.82) is 0 Å². The van der Waals surface area contributed by atoms with Gasteiger partial charge in [0.2, 0.25) is 10.0 Å². The summed E-state index contributed by atoms with van der Waals surface area (Å²) in [6.07, 6.45) is 1.96. The number of rotatable bonds is 2. The molecular formula is C14H14Cl2N2O2S. The number of hydrogen-bond donors (Lipinski definition) is 0. The molecule has 0 unspecified atom stereocenters. The van der Waals surface area contributed by atoms with Crippen molar-refractivity contribution in [1.82, 2.24) is 8.87 Å². The molecular weight excluding hydrogens is 331 g/mol. The maximum absolute atomic E-state index is 12.9. The highest BCUT2D eigenvalue weighted by Crippen LogP contribution is 2.36. The summed E-state index contributed by atoms with van der Waals surface area (Å²) in [5, 5.41) is 0.298. The number of aromatic nitrogens is 1. The van der Waals surface area contributed by atoms with Gasteiger partial charge in [-0.3, -0.25) is 0 Å². The second-order valence-electron chi connectivity index (χ2n) is 4.97. The predicted octanol–water partition coefficient (Wildman–Crippen LogP) is 3.56. The van der Waals surface area contributed by atoms with Crippen LogP contribution < -0.4 is 0 Å². The first-order valence-electron chi connectivity index (χ1n) is 6.54. The normalized spacial score (nSPS) is 19.5. The molecule has 0 amide bonds. The van der Waals surface area contributed by atoms with E-state index >= 15 is 0 Å². The topological polar surface area (TPSA) is 42.3 Å². The molecule has 0 saturated carbocycles. The molecule has 0 N–H and O–H groups in total. The van der Waals surface area contributed by atoms with Crippen LogP contribution in [0.25, 0.3) is 0 Å². The van der Waals surface area contributed by atoms with E-state index in [-0.39, 0.29) is 21.0 Å². The standard InChI is InChI=1S/C14H14Cl2N2O2S/c1-10-13-6-3-7-17(13)8-9-18(10)21(19,20)14-11(15)4-2-5-12(14)16/h2-7,10H,8-9H2,1H3/t10-/m0/s1. The average molecular weight is 345 g/mol. The molecule has 0 fully saturated rings. The summed E-state index contributed by atoms with van der Waals surface area (Å²) in [4.78, 5) is -0.0137. The summed E-state index contributed by atoms with van der Waals surface area (Å²) >= 11 is 12.1. The largest absolute Gasteiger partial charge is 0.349 e. The Morgan fingerprint density at radius 2 is 1.76 bits per heavy atom. The minimum Gasteiger partial charge on any atom is -0.349 e. The summed E-state index contributed by atoms with van der Waals surface area (Å²) in [7, 11) is -3.74. The lowest BCUT2D eigenvalue weighted by Crippen LogP contribution is -2.40. The van der Waals surface area contributed by atoms with Gasteiger partial charge >= 0.3 is 0 Å². The smallest absolute Gasteiger partial charge is 0.246 e. The van der Waals surface area contributed by atoms with Gasteiger partial charge in [-0.15, -0.1) is 0 Å². The minimum atomic E-state index is -3.74. The Labute approximate surface area is 133 Å². The van der Waals surface area contributed by atoms with E-state index in [2.05, 4.69) is 4.57 Å². The van der Waals surface area contributed by atoms with E-state index in [0.29, 0.717) is 13.1 Å². The Morgan fingerprint density at radius 1 is 1.10 bits per heavy atom. The molecule has 1 aliphatic heterocycles. The summed E-state index contributed by atoms with van der Waals surface area (Å²) in [6.45, 7) is 2.88. The quantitative estimate of drug-likeness (QED) is 0.835. The molecule has 2 aromatic rings. The zero-order valence-corrected chi connectivity index (χ0v) is 13.7. The van der Waals surface area contributed by atoms with E-state index in [4.69, 9.17) is 23.2 Å². The van der Waals surface area contributed by atoms with Crippen LogP contribution in [0.3, 0.4) is 0 Å². The van der Waals surface area contributed by atoms with Gasteiger partial charge < -0.3 is 4.57 Å². The molecule has 0 spiro atoms. The maximum Gasteiger partial charge on any atom is 0.246 e. The number of benzene rings is 1. The molecule has 1 aliphatic rings. The van der Waals surface area contributed by atoms with Gasteiger partial charge in [0.15, 0.2) is 0 Å². The highest BCUT2D eigenvalue weighted by atomic mass is 35.5. The molecule has 0 radical (unpaired) electrons. The van der Waals surface area contributed by atoms with E-state index in [1.165, 1.54) is 16.4 Å². The summed E-state index contributed by atoms with van der Waals surface area (Å²) in [6, 6.07) is 8.31. The van der Waals surface area contributed by atoms with Crippen LogP contribution in [0.2, 0.25) is 10.0 Å². The molecule has 21 heavy (non-hydrogen) atoms. The van der Waals surface area contributed by atoms with Gasteiger partial charge in [-0.1, -0.05) is 29.3 Å². The summed E-state index contributed by atoms with van der Waals surface area (Å²) in [5.41, 5.74) is 0.966. The van der Waals surface area contributed by atoms with Crippen LogP contribution in [-0.2, 0) is 16.6 Å². The lowest BCUT2D eigenvalue weighted by atomic mass is 10.2. The second kappa shape index (κ2) is 5.32. The Kier molecular flexibility index (Phi) is 3.78. The fourth-order valence-corrected chi connectivity index (χ4v) is 5.42. The van der Waals surface area contributed by atoms with Gasteiger partial charge in [-0.25, -0.2) is 8.42 Å². The third kappa shape index (κ3) is 2.38. The van der Waals surface area contributed by atoms with Crippen molar-refractivity contribution in [2.75, 3.05) is 6.54 Å². The van der Waals surface area contributed by atoms with E-state index in [1.54, 1.807) is 6.07 Å².